The molecule has 0 radical (unpaired) electrons. The maximum atomic E-state index is 9.64. The van der Waals surface area contributed by atoms with Crippen molar-refractivity contribution in [1.82, 2.24) is 5.32 Å². The van der Waals surface area contributed by atoms with E-state index >= 15 is 0 Å². The van der Waals surface area contributed by atoms with Crippen LogP contribution in [0.15, 0.2) is 18.2 Å². The smallest absolute Gasteiger partial charge is 0.128 e. The number of aliphatic hydroxyl groups excluding tert-OH is 1. The van der Waals surface area contributed by atoms with Crippen LogP contribution in [-0.4, -0.2) is 31.4 Å². The van der Waals surface area contributed by atoms with E-state index in [1.54, 1.807) is 12.1 Å². The van der Waals surface area contributed by atoms with Gasteiger partial charge in [-0.25, -0.2) is 0 Å². The van der Waals surface area contributed by atoms with E-state index < -0.39 is 5.60 Å². The highest BCUT2D eigenvalue weighted by molar-refractivity contribution is 6.42. The molecule has 0 unspecified atom stereocenters. The van der Waals surface area contributed by atoms with Crippen molar-refractivity contribution >= 4 is 23.2 Å². The molecule has 0 aromatic heterocycles. The molecular formula is C12H15Cl2NO2. The molecule has 1 aliphatic heterocycles. The van der Waals surface area contributed by atoms with Crippen molar-refractivity contribution in [2.24, 2.45) is 0 Å². The van der Waals surface area contributed by atoms with Gasteiger partial charge in [-0.3, -0.25) is 0 Å². The third-order valence-corrected chi connectivity index (χ3v) is 3.73. The maximum absolute atomic E-state index is 9.64. The average molecular weight is 276 g/mol. The first-order valence-corrected chi connectivity index (χ1v) is 6.35. The number of nitrogens with one attached hydrogen (secondary N) is 1. The van der Waals surface area contributed by atoms with Gasteiger partial charge in [0.15, 0.2) is 0 Å². The van der Waals surface area contributed by atoms with E-state index in [0.29, 0.717) is 23.2 Å². The predicted octanol–water partition coefficient (Wildman–Crippen LogP) is 2.19. The van der Waals surface area contributed by atoms with Crippen molar-refractivity contribution in [2.45, 2.75) is 12.0 Å². The fourth-order valence-electron chi connectivity index (χ4n) is 1.96. The summed E-state index contributed by atoms with van der Waals surface area (Å²) in [5, 5.41) is 13.9. The van der Waals surface area contributed by atoms with Gasteiger partial charge in [-0.1, -0.05) is 29.3 Å². The monoisotopic (exact) mass is 275 g/mol. The highest BCUT2D eigenvalue weighted by atomic mass is 35.5. The summed E-state index contributed by atoms with van der Waals surface area (Å²) in [7, 11) is 0. The first-order valence-electron chi connectivity index (χ1n) is 5.59. The van der Waals surface area contributed by atoms with Crippen LogP contribution in [0.25, 0.3) is 0 Å². The van der Waals surface area contributed by atoms with Gasteiger partial charge in [0.2, 0.25) is 0 Å². The van der Waals surface area contributed by atoms with Gasteiger partial charge in [-0.2, -0.15) is 0 Å². The Kier molecular flexibility index (Phi) is 4.28. The molecule has 1 aliphatic rings. The van der Waals surface area contributed by atoms with Crippen LogP contribution in [-0.2, 0) is 10.3 Å². The number of hydrogen-bond acceptors (Lipinski definition) is 3. The van der Waals surface area contributed by atoms with Gasteiger partial charge in [-0.15, -0.1) is 0 Å². The molecule has 1 saturated heterocycles. The number of rotatable bonds is 2. The minimum Gasteiger partial charge on any atom is -0.393 e. The van der Waals surface area contributed by atoms with Crippen molar-refractivity contribution in [2.75, 3.05) is 26.3 Å². The molecule has 1 fully saturated rings. The lowest BCUT2D eigenvalue weighted by Crippen LogP contribution is -2.42. The molecule has 3 nitrogen and oxygen atoms in total. The van der Waals surface area contributed by atoms with Crippen LogP contribution < -0.4 is 5.32 Å². The van der Waals surface area contributed by atoms with Crippen molar-refractivity contribution in [1.29, 1.82) is 0 Å². The van der Waals surface area contributed by atoms with Gasteiger partial charge < -0.3 is 15.2 Å². The SMILES string of the molecule is OC[C@@]1(c2ccc(Cl)c(Cl)c2)CNCCCO1. The maximum Gasteiger partial charge on any atom is 0.128 e. The number of ether oxygens (including phenoxy) is 1. The number of halogens is 2. The van der Waals surface area contributed by atoms with Gasteiger partial charge in [0.05, 0.1) is 16.7 Å². The Morgan fingerprint density at radius 1 is 1.35 bits per heavy atom. The summed E-state index contributed by atoms with van der Waals surface area (Å²) in [6.45, 7) is 2.00. The molecule has 1 heterocycles. The third-order valence-electron chi connectivity index (χ3n) is 2.99. The molecule has 0 aliphatic carbocycles. The molecular weight excluding hydrogens is 261 g/mol. The number of aliphatic hydroxyl groups is 1. The van der Waals surface area contributed by atoms with E-state index in [0.717, 1.165) is 18.5 Å². The molecule has 0 bridgehead atoms. The van der Waals surface area contributed by atoms with E-state index in [-0.39, 0.29) is 6.61 Å². The lowest BCUT2D eigenvalue weighted by atomic mass is 9.94. The Morgan fingerprint density at radius 2 is 2.18 bits per heavy atom. The van der Waals surface area contributed by atoms with Crippen molar-refractivity contribution < 1.29 is 9.84 Å². The van der Waals surface area contributed by atoms with Crippen LogP contribution in [0, 0.1) is 0 Å². The lowest BCUT2D eigenvalue weighted by molar-refractivity contribution is -0.0742. The molecule has 2 rings (SSSR count). The average Bonchev–Trinajstić information content (AvgIpc) is 2.59. The summed E-state index contributed by atoms with van der Waals surface area (Å²) in [4.78, 5) is 0. The Balaban J connectivity index is 2.35. The molecule has 0 spiro atoms. The molecule has 2 N–H and O–H groups in total. The fraction of sp³-hybridized carbons (Fsp3) is 0.500. The summed E-state index contributed by atoms with van der Waals surface area (Å²) in [5.74, 6) is 0. The first-order chi connectivity index (χ1) is 8.18. The molecule has 17 heavy (non-hydrogen) atoms. The fourth-order valence-corrected chi connectivity index (χ4v) is 2.26. The minimum atomic E-state index is -0.718. The Hall–Kier alpha value is -0.320. The van der Waals surface area contributed by atoms with Gasteiger partial charge in [0.1, 0.15) is 5.60 Å². The molecule has 1 aromatic rings. The zero-order chi connectivity index (χ0) is 12.3. The summed E-state index contributed by atoms with van der Waals surface area (Å²) in [6, 6.07) is 5.33. The van der Waals surface area contributed by atoms with E-state index in [9.17, 15) is 5.11 Å². The molecule has 0 amide bonds. The minimum absolute atomic E-state index is 0.0854. The molecule has 94 valence electrons. The van der Waals surface area contributed by atoms with E-state index in [4.69, 9.17) is 27.9 Å². The predicted molar refractivity (Wildman–Crippen MR) is 68.7 cm³/mol. The zero-order valence-corrected chi connectivity index (χ0v) is 10.9. The van der Waals surface area contributed by atoms with Crippen molar-refractivity contribution in [3.05, 3.63) is 33.8 Å². The highest BCUT2D eigenvalue weighted by Gasteiger charge is 2.34. The molecule has 1 aromatic carbocycles. The molecule has 5 heteroatoms. The molecule has 1 atom stereocenters. The summed E-state index contributed by atoms with van der Waals surface area (Å²) >= 11 is 11.9. The van der Waals surface area contributed by atoms with E-state index in [1.165, 1.54) is 0 Å². The second-order valence-electron chi connectivity index (χ2n) is 4.16. The van der Waals surface area contributed by atoms with Crippen molar-refractivity contribution in [3.63, 3.8) is 0 Å². The van der Waals surface area contributed by atoms with Gasteiger partial charge in [0, 0.05) is 13.2 Å². The second-order valence-corrected chi connectivity index (χ2v) is 4.97. The third kappa shape index (κ3) is 2.75. The van der Waals surface area contributed by atoms with Crippen molar-refractivity contribution in [3.8, 4) is 0 Å². The normalized spacial score (nSPS) is 25.6. The highest BCUT2D eigenvalue weighted by Crippen LogP contribution is 2.31. The van der Waals surface area contributed by atoms with Crippen LogP contribution in [0.2, 0.25) is 10.0 Å². The number of hydrogen-bond donors (Lipinski definition) is 2. The standard InChI is InChI=1S/C12H15Cl2NO2/c13-10-3-2-9(6-11(10)14)12(8-16)7-15-4-1-5-17-12/h2-3,6,15-16H,1,4-5,7-8H2/t12-/m1/s1. The van der Waals surface area contributed by atoms with Crippen LogP contribution in [0.3, 0.4) is 0 Å². The topological polar surface area (TPSA) is 41.5 Å². The Bertz CT molecular complexity index is 390. The van der Waals surface area contributed by atoms with Gasteiger partial charge in [0.25, 0.3) is 0 Å². The summed E-state index contributed by atoms with van der Waals surface area (Å²) in [6.07, 6.45) is 0.934. The van der Waals surface area contributed by atoms with Crippen LogP contribution >= 0.6 is 23.2 Å². The van der Waals surface area contributed by atoms with E-state index in [2.05, 4.69) is 5.32 Å². The Labute approximate surface area is 111 Å². The quantitative estimate of drug-likeness (QED) is 0.870. The number of benzene rings is 1. The Morgan fingerprint density at radius 3 is 2.88 bits per heavy atom. The molecule has 0 saturated carbocycles. The zero-order valence-electron chi connectivity index (χ0n) is 9.38. The summed E-state index contributed by atoms with van der Waals surface area (Å²) < 4.78 is 5.81. The first kappa shape index (κ1) is 13.1. The van der Waals surface area contributed by atoms with Crippen LogP contribution in [0.5, 0.6) is 0 Å². The van der Waals surface area contributed by atoms with Gasteiger partial charge in [-0.05, 0) is 30.7 Å². The van der Waals surface area contributed by atoms with E-state index in [1.807, 2.05) is 6.07 Å². The summed E-state index contributed by atoms with van der Waals surface area (Å²) in [5.41, 5.74) is 0.133. The van der Waals surface area contributed by atoms with Crippen LogP contribution in [0.1, 0.15) is 12.0 Å². The van der Waals surface area contributed by atoms with Crippen LogP contribution in [0.4, 0.5) is 0 Å². The lowest BCUT2D eigenvalue weighted by Gasteiger charge is -2.31. The largest absolute Gasteiger partial charge is 0.393 e. The second kappa shape index (κ2) is 5.55. The van der Waals surface area contributed by atoms with Gasteiger partial charge >= 0.3 is 0 Å².